The first-order chi connectivity index (χ1) is 9.24. The third kappa shape index (κ3) is 5.19. The number of aliphatic hydroxyl groups is 1. The van der Waals surface area contributed by atoms with Crippen LogP contribution < -0.4 is 10.1 Å². The molecule has 1 aromatic rings. The third-order valence-corrected chi connectivity index (χ3v) is 3.39. The topological polar surface area (TPSA) is 44.7 Å². The summed E-state index contributed by atoms with van der Waals surface area (Å²) in [6.07, 6.45) is 0. The number of likely N-dealkylation sites (N-methyl/N-ethyl adjacent to an activating group) is 1. The first-order valence-corrected chi connectivity index (χ1v) is 6.95. The average molecular weight is 266 g/mol. The maximum absolute atomic E-state index is 9.51. The van der Waals surface area contributed by atoms with Crippen LogP contribution in [0.1, 0.15) is 25.5 Å². The molecule has 0 aliphatic heterocycles. The Balaban J connectivity index is 2.52. The summed E-state index contributed by atoms with van der Waals surface area (Å²) >= 11 is 0. The summed E-state index contributed by atoms with van der Waals surface area (Å²) in [5, 5.41) is 12.9. The second-order valence-corrected chi connectivity index (χ2v) is 4.49. The molecule has 0 heterocycles. The van der Waals surface area contributed by atoms with Crippen molar-refractivity contribution < 1.29 is 9.84 Å². The Labute approximate surface area is 116 Å². The van der Waals surface area contributed by atoms with Crippen LogP contribution in [-0.2, 0) is 0 Å². The molecule has 4 nitrogen and oxygen atoms in total. The Morgan fingerprint density at radius 2 is 2.05 bits per heavy atom. The molecule has 0 aromatic heterocycles. The molecule has 0 amide bonds. The van der Waals surface area contributed by atoms with E-state index in [1.807, 2.05) is 24.3 Å². The molecule has 0 bridgehead atoms. The van der Waals surface area contributed by atoms with Crippen molar-refractivity contribution in [3.8, 4) is 5.75 Å². The van der Waals surface area contributed by atoms with Crippen molar-refractivity contribution in [3.63, 3.8) is 0 Å². The summed E-state index contributed by atoms with van der Waals surface area (Å²) in [7, 11) is 1.65. The molecule has 0 radical (unpaired) electrons. The summed E-state index contributed by atoms with van der Waals surface area (Å²) in [5.41, 5.74) is 1.06. The van der Waals surface area contributed by atoms with Gasteiger partial charge in [-0.3, -0.25) is 0 Å². The van der Waals surface area contributed by atoms with Crippen molar-refractivity contribution in [1.82, 2.24) is 10.2 Å². The van der Waals surface area contributed by atoms with Gasteiger partial charge in [-0.15, -0.1) is 0 Å². The summed E-state index contributed by atoms with van der Waals surface area (Å²) in [6.45, 7) is 8.38. The Morgan fingerprint density at radius 1 is 1.32 bits per heavy atom. The van der Waals surface area contributed by atoms with E-state index in [4.69, 9.17) is 4.74 Å². The normalized spacial score (nSPS) is 12.7. The van der Waals surface area contributed by atoms with Crippen LogP contribution in [0.4, 0.5) is 0 Å². The van der Waals surface area contributed by atoms with Crippen LogP contribution in [0.5, 0.6) is 5.75 Å². The monoisotopic (exact) mass is 266 g/mol. The van der Waals surface area contributed by atoms with E-state index >= 15 is 0 Å². The summed E-state index contributed by atoms with van der Waals surface area (Å²) < 4.78 is 5.21. The SMILES string of the molecule is CCN(CC)CCNC(CO)c1cccc(OC)c1. The van der Waals surface area contributed by atoms with Crippen molar-refractivity contribution >= 4 is 0 Å². The molecule has 0 aliphatic rings. The minimum absolute atomic E-state index is 0.0364. The molecule has 0 saturated heterocycles. The fourth-order valence-corrected chi connectivity index (χ4v) is 2.08. The maximum Gasteiger partial charge on any atom is 0.119 e. The number of nitrogens with one attached hydrogen (secondary N) is 1. The maximum atomic E-state index is 9.51. The van der Waals surface area contributed by atoms with Gasteiger partial charge in [-0.05, 0) is 30.8 Å². The van der Waals surface area contributed by atoms with Crippen LogP contribution in [0.3, 0.4) is 0 Å². The molecule has 4 heteroatoms. The molecular weight excluding hydrogens is 240 g/mol. The van der Waals surface area contributed by atoms with Gasteiger partial charge in [-0.25, -0.2) is 0 Å². The number of nitrogens with zero attached hydrogens (tertiary/aromatic N) is 1. The predicted molar refractivity (Wildman–Crippen MR) is 78.6 cm³/mol. The van der Waals surface area contributed by atoms with Crippen LogP contribution in [0.15, 0.2) is 24.3 Å². The lowest BCUT2D eigenvalue weighted by Gasteiger charge is -2.21. The summed E-state index contributed by atoms with van der Waals surface area (Å²) in [4.78, 5) is 2.35. The molecule has 0 aliphatic carbocycles. The van der Waals surface area contributed by atoms with Gasteiger partial charge in [0.2, 0.25) is 0 Å². The number of ether oxygens (including phenoxy) is 1. The smallest absolute Gasteiger partial charge is 0.119 e. The molecule has 108 valence electrons. The third-order valence-electron chi connectivity index (χ3n) is 3.39. The molecule has 1 unspecified atom stereocenters. The van der Waals surface area contributed by atoms with Gasteiger partial charge in [0.1, 0.15) is 5.75 Å². The minimum Gasteiger partial charge on any atom is -0.497 e. The van der Waals surface area contributed by atoms with E-state index in [1.165, 1.54) is 0 Å². The summed E-state index contributed by atoms with van der Waals surface area (Å²) in [5.74, 6) is 0.821. The molecule has 0 saturated carbocycles. The lowest BCUT2D eigenvalue weighted by Crippen LogP contribution is -2.34. The van der Waals surface area contributed by atoms with E-state index in [0.717, 1.165) is 37.5 Å². The van der Waals surface area contributed by atoms with Gasteiger partial charge in [-0.1, -0.05) is 26.0 Å². The highest BCUT2D eigenvalue weighted by Crippen LogP contribution is 2.18. The fraction of sp³-hybridized carbons (Fsp3) is 0.600. The van der Waals surface area contributed by atoms with Crippen LogP contribution in [0, 0.1) is 0 Å². The highest BCUT2D eigenvalue weighted by molar-refractivity contribution is 5.30. The second kappa shape index (κ2) is 8.91. The predicted octanol–water partition coefficient (Wildman–Crippen LogP) is 1.66. The molecule has 0 spiro atoms. The van der Waals surface area contributed by atoms with Crippen LogP contribution in [0.25, 0.3) is 0 Å². The highest BCUT2D eigenvalue weighted by atomic mass is 16.5. The van der Waals surface area contributed by atoms with Crippen molar-refractivity contribution in [3.05, 3.63) is 29.8 Å². The van der Waals surface area contributed by atoms with Gasteiger partial charge in [0.15, 0.2) is 0 Å². The second-order valence-electron chi connectivity index (χ2n) is 4.49. The summed E-state index contributed by atoms with van der Waals surface area (Å²) in [6, 6.07) is 7.79. The van der Waals surface area contributed by atoms with Gasteiger partial charge in [0, 0.05) is 13.1 Å². The Hall–Kier alpha value is -1.10. The average Bonchev–Trinajstić information content (AvgIpc) is 2.47. The minimum atomic E-state index is -0.0364. The zero-order valence-electron chi connectivity index (χ0n) is 12.2. The first kappa shape index (κ1) is 16.0. The number of benzene rings is 1. The van der Waals surface area contributed by atoms with Gasteiger partial charge in [-0.2, -0.15) is 0 Å². The molecule has 19 heavy (non-hydrogen) atoms. The number of hydrogen-bond donors (Lipinski definition) is 2. The van der Waals surface area contributed by atoms with E-state index in [9.17, 15) is 5.11 Å². The standard InChI is InChI=1S/C15H26N2O2/c1-4-17(5-2)10-9-16-15(12-18)13-7-6-8-14(11-13)19-3/h6-8,11,15-16,18H,4-5,9-10,12H2,1-3H3. The van der Waals surface area contributed by atoms with Crippen LogP contribution >= 0.6 is 0 Å². The van der Waals surface area contributed by atoms with Crippen LogP contribution in [0.2, 0.25) is 0 Å². The van der Waals surface area contributed by atoms with Crippen LogP contribution in [-0.4, -0.2) is 49.9 Å². The van der Waals surface area contributed by atoms with Gasteiger partial charge >= 0.3 is 0 Å². The zero-order valence-corrected chi connectivity index (χ0v) is 12.2. The van der Waals surface area contributed by atoms with E-state index in [0.29, 0.717) is 0 Å². The van der Waals surface area contributed by atoms with E-state index in [1.54, 1.807) is 7.11 Å². The quantitative estimate of drug-likeness (QED) is 0.713. The molecule has 2 N–H and O–H groups in total. The fourth-order valence-electron chi connectivity index (χ4n) is 2.08. The van der Waals surface area contributed by atoms with E-state index in [-0.39, 0.29) is 12.6 Å². The van der Waals surface area contributed by atoms with E-state index in [2.05, 4.69) is 24.1 Å². The van der Waals surface area contributed by atoms with E-state index < -0.39 is 0 Å². The van der Waals surface area contributed by atoms with Crippen molar-refractivity contribution in [2.24, 2.45) is 0 Å². The van der Waals surface area contributed by atoms with Crippen molar-refractivity contribution in [2.45, 2.75) is 19.9 Å². The lowest BCUT2D eigenvalue weighted by molar-refractivity contribution is 0.233. The number of hydrogen-bond acceptors (Lipinski definition) is 4. The molecule has 1 aromatic carbocycles. The largest absolute Gasteiger partial charge is 0.497 e. The molecule has 0 fully saturated rings. The Morgan fingerprint density at radius 3 is 2.63 bits per heavy atom. The lowest BCUT2D eigenvalue weighted by atomic mass is 10.1. The molecule has 1 atom stereocenters. The number of rotatable bonds is 9. The first-order valence-electron chi connectivity index (χ1n) is 6.95. The number of methoxy groups -OCH3 is 1. The highest BCUT2D eigenvalue weighted by Gasteiger charge is 2.10. The van der Waals surface area contributed by atoms with Gasteiger partial charge < -0.3 is 20.1 Å². The Kier molecular flexibility index (Phi) is 7.48. The van der Waals surface area contributed by atoms with Gasteiger partial charge in [0.25, 0.3) is 0 Å². The zero-order chi connectivity index (χ0) is 14.1. The number of aliphatic hydroxyl groups excluding tert-OH is 1. The van der Waals surface area contributed by atoms with Crippen molar-refractivity contribution in [1.29, 1.82) is 0 Å². The van der Waals surface area contributed by atoms with Gasteiger partial charge in [0.05, 0.1) is 19.8 Å². The Bertz CT molecular complexity index is 354. The molecular formula is C15H26N2O2. The van der Waals surface area contributed by atoms with Crippen molar-refractivity contribution in [2.75, 3.05) is 39.9 Å². The molecule has 1 rings (SSSR count).